The summed E-state index contributed by atoms with van der Waals surface area (Å²) in [5.74, 6) is -0.957. The van der Waals surface area contributed by atoms with Gasteiger partial charge in [-0.15, -0.1) is 0 Å². The van der Waals surface area contributed by atoms with Gasteiger partial charge in [-0.1, -0.05) is 11.8 Å². The summed E-state index contributed by atoms with van der Waals surface area (Å²) in [7, 11) is 0. The molecule has 1 fully saturated rings. The van der Waals surface area contributed by atoms with Crippen LogP contribution in [-0.2, 0) is 4.79 Å². The van der Waals surface area contributed by atoms with Crippen LogP contribution >= 0.6 is 11.8 Å². The number of rotatable bonds is 4. The fraction of sp³-hybridized carbons (Fsp3) is 0.462. The molecular formula is C13H16N2O3S. The Balaban J connectivity index is 2.08. The van der Waals surface area contributed by atoms with Crippen molar-refractivity contribution < 1.29 is 14.7 Å². The molecule has 1 aliphatic rings. The van der Waals surface area contributed by atoms with E-state index in [1.807, 2.05) is 4.90 Å². The van der Waals surface area contributed by atoms with Gasteiger partial charge in [0.25, 0.3) is 0 Å². The Morgan fingerprint density at radius 3 is 2.74 bits per heavy atom. The van der Waals surface area contributed by atoms with E-state index in [0.717, 1.165) is 25.9 Å². The number of aromatic carboxylic acids is 1. The molecule has 0 radical (unpaired) electrons. The van der Waals surface area contributed by atoms with Gasteiger partial charge >= 0.3 is 5.97 Å². The van der Waals surface area contributed by atoms with Crippen LogP contribution in [-0.4, -0.2) is 45.2 Å². The fourth-order valence-electron chi connectivity index (χ4n) is 2.06. The van der Waals surface area contributed by atoms with Gasteiger partial charge in [0, 0.05) is 19.3 Å². The van der Waals surface area contributed by atoms with E-state index in [0.29, 0.717) is 5.03 Å². The van der Waals surface area contributed by atoms with Crippen LogP contribution in [0.2, 0.25) is 0 Å². The molecule has 1 aromatic heterocycles. The minimum Gasteiger partial charge on any atom is -0.478 e. The second-order valence-electron chi connectivity index (χ2n) is 4.45. The molecule has 0 saturated carbocycles. The van der Waals surface area contributed by atoms with Crippen LogP contribution < -0.4 is 0 Å². The highest BCUT2D eigenvalue weighted by Gasteiger charge is 2.25. The second-order valence-corrected chi connectivity index (χ2v) is 5.78. The van der Waals surface area contributed by atoms with Gasteiger partial charge in [-0.2, -0.15) is 0 Å². The summed E-state index contributed by atoms with van der Waals surface area (Å²) in [6.45, 7) is 3.40. The first kappa shape index (κ1) is 13.9. The minimum absolute atomic E-state index is 0.0597. The number of carboxylic acid groups (broad SMARTS) is 1. The molecule has 1 aliphatic heterocycles. The lowest BCUT2D eigenvalue weighted by Gasteiger charge is -2.19. The van der Waals surface area contributed by atoms with Gasteiger partial charge in [-0.25, -0.2) is 9.78 Å². The third kappa shape index (κ3) is 3.26. The molecule has 0 unspecified atom stereocenters. The molecule has 102 valence electrons. The summed E-state index contributed by atoms with van der Waals surface area (Å²) in [6.07, 6.45) is 3.64. The minimum atomic E-state index is -1.02. The Bertz CT molecular complexity index is 487. The van der Waals surface area contributed by atoms with Crippen LogP contribution in [0.1, 0.15) is 30.1 Å². The van der Waals surface area contributed by atoms with Crippen molar-refractivity contribution in [3.05, 3.63) is 23.9 Å². The fourth-order valence-corrected chi connectivity index (χ4v) is 3.05. The van der Waals surface area contributed by atoms with E-state index in [9.17, 15) is 9.59 Å². The third-order valence-corrected chi connectivity index (χ3v) is 4.16. The lowest BCUT2D eigenvalue weighted by atomic mass is 10.3. The van der Waals surface area contributed by atoms with Crippen LogP contribution in [0.4, 0.5) is 0 Å². The average Bonchev–Trinajstić information content (AvgIpc) is 2.92. The maximum atomic E-state index is 12.2. The number of aromatic nitrogens is 1. The Kier molecular flexibility index (Phi) is 4.42. The lowest BCUT2D eigenvalue weighted by molar-refractivity contribution is -0.129. The van der Waals surface area contributed by atoms with Crippen LogP contribution in [0.25, 0.3) is 0 Å². The summed E-state index contributed by atoms with van der Waals surface area (Å²) in [5, 5.41) is 9.16. The quantitative estimate of drug-likeness (QED) is 0.853. The van der Waals surface area contributed by atoms with Crippen molar-refractivity contribution in [1.29, 1.82) is 0 Å². The van der Waals surface area contributed by atoms with E-state index in [2.05, 4.69) is 4.98 Å². The zero-order valence-corrected chi connectivity index (χ0v) is 11.5. The molecule has 1 amide bonds. The molecule has 5 nitrogen and oxygen atoms in total. The molecule has 0 bridgehead atoms. The van der Waals surface area contributed by atoms with Gasteiger partial charge in [0.1, 0.15) is 5.03 Å². The van der Waals surface area contributed by atoms with Gasteiger partial charge in [0.15, 0.2) is 0 Å². The van der Waals surface area contributed by atoms with Gasteiger partial charge in [0.05, 0.1) is 10.8 Å². The van der Waals surface area contributed by atoms with Crippen LogP contribution in [0.15, 0.2) is 23.4 Å². The molecule has 0 spiro atoms. The molecule has 1 saturated heterocycles. The highest BCUT2D eigenvalue weighted by atomic mass is 32.2. The Labute approximate surface area is 116 Å². The van der Waals surface area contributed by atoms with Gasteiger partial charge in [-0.05, 0) is 31.9 Å². The maximum Gasteiger partial charge on any atom is 0.338 e. The van der Waals surface area contributed by atoms with Crippen molar-refractivity contribution in [2.24, 2.45) is 0 Å². The molecular weight excluding hydrogens is 264 g/mol. The zero-order chi connectivity index (χ0) is 13.8. The highest BCUT2D eigenvalue weighted by Crippen LogP contribution is 2.26. The summed E-state index contributed by atoms with van der Waals surface area (Å²) in [6, 6.07) is 3.09. The molecule has 2 rings (SSSR count). The average molecular weight is 280 g/mol. The lowest BCUT2D eigenvalue weighted by Crippen LogP contribution is -2.34. The molecule has 19 heavy (non-hydrogen) atoms. The zero-order valence-electron chi connectivity index (χ0n) is 10.7. The van der Waals surface area contributed by atoms with Crippen molar-refractivity contribution in [3.8, 4) is 0 Å². The Hall–Kier alpha value is -1.56. The van der Waals surface area contributed by atoms with Crippen molar-refractivity contribution in [2.75, 3.05) is 13.1 Å². The predicted octanol–water partition coefficient (Wildman–Crippen LogP) is 1.88. The number of thioether (sulfide) groups is 1. The molecule has 2 heterocycles. The number of nitrogens with zero attached hydrogens (tertiary/aromatic N) is 2. The van der Waals surface area contributed by atoms with Crippen molar-refractivity contribution in [2.45, 2.75) is 30.0 Å². The first-order valence-electron chi connectivity index (χ1n) is 6.23. The summed E-state index contributed by atoms with van der Waals surface area (Å²) < 4.78 is 0. The molecule has 0 aliphatic carbocycles. The van der Waals surface area contributed by atoms with E-state index in [1.54, 1.807) is 19.2 Å². The topological polar surface area (TPSA) is 70.5 Å². The molecule has 1 aromatic rings. The molecule has 6 heteroatoms. The van der Waals surface area contributed by atoms with E-state index in [4.69, 9.17) is 5.11 Å². The van der Waals surface area contributed by atoms with E-state index < -0.39 is 5.97 Å². The van der Waals surface area contributed by atoms with Crippen LogP contribution in [0.5, 0.6) is 0 Å². The van der Waals surface area contributed by atoms with Crippen molar-refractivity contribution in [3.63, 3.8) is 0 Å². The first-order valence-corrected chi connectivity index (χ1v) is 7.11. The van der Waals surface area contributed by atoms with Crippen molar-refractivity contribution in [1.82, 2.24) is 9.88 Å². The van der Waals surface area contributed by atoms with Crippen molar-refractivity contribution >= 4 is 23.6 Å². The predicted molar refractivity (Wildman–Crippen MR) is 72.3 cm³/mol. The SMILES string of the molecule is C[C@@H](Sc1ncccc1C(=O)O)C(=O)N1CCCC1. The number of carbonyl (C=O) groups is 2. The third-order valence-electron chi connectivity index (χ3n) is 3.06. The maximum absolute atomic E-state index is 12.2. The Morgan fingerprint density at radius 2 is 2.11 bits per heavy atom. The summed E-state index contributed by atoms with van der Waals surface area (Å²) >= 11 is 1.21. The van der Waals surface area contributed by atoms with Gasteiger partial charge < -0.3 is 10.0 Å². The second kappa shape index (κ2) is 6.06. The summed E-state index contributed by atoms with van der Waals surface area (Å²) in [4.78, 5) is 29.1. The number of hydrogen-bond donors (Lipinski definition) is 1. The Morgan fingerprint density at radius 1 is 1.42 bits per heavy atom. The molecule has 0 aromatic carbocycles. The van der Waals surface area contributed by atoms with Gasteiger partial charge in [0.2, 0.25) is 5.91 Å². The number of hydrogen-bond acceptors (Lipinski definition) is 4. The normalized spacial score (nSPS) is 16.4. The van der Waals surface area contributed by atoms with Crippen LogP contribution in [0, 0.1) is 0 Å². The standard InChI is InChI=1S/C13H16N2O3S/c1-9(12(16)15-7-2-3-8-15)19-11-10(13(17)18)5-4-6-14-11/h4-6,9H,2-3,7-8H2,1H3,(H,17,18)/t9-/m1/s1. The monoisotopic (exact) mass is 280 g/mol. The molecule has 1 atom stereocenters. The first-order chi connectivity index (χ1) is 9.09. The number of carboxylic acids is 1. The van der Waals surface area contributed by atoms with E-state index >= 15 is 0 Å². The largest absolute Gasteiger partial charge is 0.478 e. The number of amides is 1. The number of likely N-dealkylation sites (tertiary alicyclic amines) is 1. The number of carbonyl (C=O) groups excluding carboxylic acids is 1. The van der Waals surface area contributed by atoms with E-state index in [1.165, 1.54) is 17.8 Å². The summed E-state index contributed by atoms with van der Waals surface area (Å²) in [5.41, 5.74) is 0.147. The number of pyridine rings is 1. The highest BCUT2D eigenvalue weighted by molar-refractivity contribution is 8.00. The van der Waals surface area contributed by atoms with Gasteiger partial charge in [-0.3, -0.25) is 4.79 Å². The van der Waals surface area contributed by atoms with E-state index in [-0.39, 0.29) is 16.7 Å². The smallest absolute Gasteiger partial charge is 0.338 e. The van der Waals surface area contributed by atoms with Crippen LogP contribution in [0.3, 0.4) is 0 Å². The molecule has 1 N–H and O–H groups in total.